The van der Waals surface area contributed by atoms with Crippen LogP contribution in [0.4, 0.5) is 18.9 Å². The zero-order valence-corrected chi connectivity index (χ0v) is 13.1. The molecule has 1 heterocycles. The highest BCUT2D eigenvalue weighted by Crippen LogP contribution is 2.33. The average Bonchev–Trinajstić information content (AvgIpc) is 2.36. The number of likely N-dealkylation sites (tertiary alicyclic amines) is 1. The van der Waals surface area contributed by atoms with Crippen LogP contribution >= 0.6 is 23.2 Å². The zero-order chi connectivity index (χ0) is 16.3. The first-order valence-corrected chi connectivity index (χ1v) is 7.54. The van der Waals surface area contributed by atoms with E-state index in [0.717, 1.165) is 0 Å². The van der Waals surface area contributed by atoms with Crippen molar-refractivity contribution in [2.75, 3.05) is 25.0 Å². The summed E-state index contributed by atoms with van der Waals surface area (Å²) < 4.78 is 38.2. The number of carbonyl (C=O) groups is 1. The van der Waals surface area contributed by atoms with Crippen molar-refractivity contribution in [1.82, 2.24) is 4.90 Å². The fraction of sp³-hybridized carbons (Fsp3) is 0.500. The Hall–Kier alpha value is -0.980. The molecule has 0 bridgehead atoms. The molecule has 2 rings (SSSR count). The molecule has 0 radical (unpaired) electrons. The molecule has 1 amide bonds. The van der Waals surface area contributed by atoms with E-state index >= 15 is 0 Å². The maximum absolute atomic E-state index is 12.7. The summed E-state index contributed by atoms with van der Waals surface area (Å²) >= 11 is 11.6. The number of carbonyl (C=O) groups excluding carboxylic acids is 1. The number of piperidine rings is 1. The van der Waals surface area contributed by atoms with Gasteiger partial charge in [-0.3, -0.25) is 9.69 Å². The van der Waals surface area contributed by atoms with E-state index in [4.69, 9.17) is 23.2 Å². The van der Waals surface area contributed by atoms with Crippen LogP contribution in [0.1, 0.15) is 12.8 Å². The molecule has 8 heteroatoms. The Kier molecular flexibility index (Phi) is 5.58. The number of nitrogens with one attached hydrogen (secondary N) is 1. The molecular weight excluding hydrogens is 340 g/mol. The van der Waals surface area contributed by atoms with Gasteiger partial charge in [0.1, 0.15) is 0 Å². The predicted octanol–water partition coefficient (Wildman–Crippen LogP) is 4.21. The van der Waals surface area contributed by atoms with E-state index in [-0.39, 0.29) is 25.4 Å². The van der Waals surface area contributed by atoms with E-state index in [1.54, 1.807) is 0 Å². The summed E-state index contributed by atoms with van der Waals surface area (Å²) in [6, 6.07) is 4.58. The van der Waals surface area contributed by atoms with Gasteiger partial charge in [-0.2, -0.15) is 13.2 Å². The topological polar surface area (TPSA) is 32.3 Å². The lowest BCUT2D eigenvalue weighted by Crippen LogP contribution is -2.44. The van der Waals surface area contributed by atoms with Gasteiger partial charge < -0.3 is 5.32 Å². The summed E-state index contributed by atoms with van der Waals surface area (Å²) in [4.78, 5) is 13.5. The molecule has 1 aliphatic rings. The van der Waals surface area contributed by atoms with Crippen LogP contribution < -0.4 is 5.32 Å². The number of rotatable bonds is 3. The third kappa shape index (κ3) is 5.04. The fourth-order valence-corrected chi connectivity index (χ4v) is 3.02. The quantitative estimate of drug-likeness (QED) is 0.881. The average molecular weight is 355 g/mol. The first kappa shape index (κ1) is 17.4. The third-order valence-corrected chi connectivity index (χ3v) is 3.92. The minimum absolute atomic E-state index is 0.0866. The van der Waals surface area contributed by atoms with Crippen LogP contribution in [-0.2, 0) is 4.79 Å². The molecule has 1 aromatic rings. The van der Waals surface area contributed by atoms with Crippen molar-refractivity contribution in [3.8, 4) is 0 Å². The van der Waals surface area contributed by atoms with Crippen LogP contribution in [0.2, 0.25) is 10.0 Å². The summed E-state index contributed by atoms with van der Waals surface area (Å²) in [7, 11) is 0. The standard InChI is InChI=1S/C14H15Cl2F3N2O/c15-10-4-11(16)6-12(5-10)20-13(22)8-21-3-1-2-9(7-21)14(17,18)19/h4-6,9H,1-3,7-8H2,(H,20,22). The first-order valence-electron chi connectivity index (χ1n) is 6.79. The van der Waals surface area contributed by atoms with Crippen molar-refractivity contribution >= 4 is 34.8 Å². The minimum atomic E-state index is -4.21. The summed E-state index contributed by atoms with van der Waals surface area (Å²) in [6.07, 6.45) is -3.67. The number of nitrogens with zero attached hydrogens (tertiary/aromatic N) is 1. The number of halogens is 5. The van der Waals surface area contributed by atoms with Crippen LogP contribution in [0.15, 0.2) is 18.2 Å². The number of anilines is 1. The molecule has 0 aliphatic carbocycles. The SMILES string of the molecule is O=C(CN1CCCC(C(F)(F)F)C1)Nc1cc(Cl)cc(Cl)c1. The predicted molar refractivity (Wildman–Crippen MR) is 80.3 cm³/mol. The van der Waals surface area contributed by atoms with E-state index in [1.165, 1.54) is 23.1 Å². The van der Waals surface area contributed by atoms with Gasteiger partial charge in [0.15, 0.2) is 0 Å². The molecule has 122 valence electrons. The van der Waals surface area contributed by atoms with Gasteiger partial charge in [-0.1, -0.05) is 23.2 Å². The van der Waals surface area contributed by atoms with Crippen LogP contribution in [0, 0.1) is 5.92 Å². The van der Waals surface area contributed by atoms with Crippen molar-refractivity contribution in [1.29, 1.82) is 0 Å². The highest BCUT2D eigenvalue weighted by atomic mass is 35.5. The number of hydrogen-bond donors (Lipinski definition) is 1. The van der Waals surface area contributed by atoms with Gasteiger partial charge in [0.05, 0.1) is 12.5 Å². The molecule has 1 N–H and O–H groups in total. The highest BCUT2D eigenvalue weighted by Gasteiger charge is 2.41. The molecule has 3 nitrogen and oxygen atoms in total. The fourth-order valence-electron chi connectivity index (χ4n) is 2.50. The molecule has 22 heavy (non-hydrogen) atoms. The Labute approximate surface area is 136 Å². The Morgan fingerprint density at radius 2 is 1.91 bits per heavy atom. The Morgan fingerprint density at radius 3 is 2.50 bits per heavy atom. The smallest absolute Gasteiger partial charge is 0.325 e. The van der Waals surface area contributed by atoms with Gasteiger partial charge in [0, 0.05) is 22.3 Å². The van der Waals surface area contributed by atoms with Gasteiger partial charge in [-0.15, -0.1) is 0 Å². The Morgan fingerprint density at radius 1 is 1.27 bits per heavy atom. The third-order valence-electron chi connectivity index (χ3n) is 3.48. The first-order chi connectivity index (χ1) is 10.2. The molecule has 1 aliphatic heterocycles. The molecule has 0 spiro atoms. The number of hydrogen-bond acceptors (Lipinski definition) is 2. The lowest BCUT2D eigenvalue weighted by atomic mass is 9.97. The van der Waals surface area contributed by atoms with Crippen LogP contribution in [-0.4, -0.2) is 36.6 Å². The van der Waals surface area contributed by atoms with Crippen LogP contribution in [0.5, 0.6) is 0 Å². The molecule has 1 aromatic carbocycles. The molecular formula is C14H15Cl2F3N2O. The Bertz CT molecular complexity index is 531. The monoisotopic (exact) mass is 354 g/mol. The van der Waals surface area contributed by atoms with E-state index < -0.39 is 12.1 Å². The van der Waals surface area contributed by atoms with Gasteiger partial charge in [0.2, 0.25) is 5.91 Å². The second-order valence-corrected chi connectivity index (χ2v) is 6.20. The molecule has 1 unspecified atom stereocenters. The lowest BCUT2D eigenvalue weighted by Gasteiger charge is -2.33. The van der Waals surface area contributed by atoms with E-state index in [1.807, 2.05) is 0 Å². The van der Waals surface area contributed by atoms with Crippen LogP contribution in [0.25, 0.3) is 0 Å². The van der Waals surface area contributed by atoms with Crippen molar-refractivity contribution in [2.45, 2.75) is 19.0 Å². The van der Waals surface area contributed by atoms with Crippen molar-refractivity contribution < 1.29 is 18.0 Å². The Balaban J connectivity index is 1.91. The van der Waals surface area contributed by atoms with Crippen molar-refractivity contribution in [3.05, 3.63) is 28.2 Å². The summed E-state index contributed by atoms with van der Waals surface area (Å²) in [5.41, 5.74) is 0.423. The van der Waals surface area contributed by atoms with Crippen molar-refractivity contribution in [3.63, 3.8) is 0 Å². The number of benzene rings is 1. The maximum Gasteiger partial charge on any atom is 0.393 e. The second kappa shape index (κ2) is 7.06. The van der Waals surface area contributed by atoms with E-state index in [0.29, 0.717) is 28.7 Å². The van der Waals surface area contributed by atoms with Gasteiger partial charge in [-0.05, 0) is 37.6 Å². The molecule has 1 fully saturated rings. The van der Waals surface area contributed by atoms with Gasteiger partial charge >= 0.3 is 6.18 Å². The maximum atomic E-state index is 12.7. The van der Waals surface area contributed by atoms with E-state index in [2.05, 4.69) is 5.32 Å². The largest absolute Gasteiger partial charge is 0.393 e. The second-order valence-electron chi connectivity index (χ2n) is 5.32. The summed E-state index contributed by atoms with van der Waals surface area (Å²) in [5, 5.41) is 3.34. The highest BCUT2D eigenvalue weighted by molar-refractivity contribution is 6.35. The number of alkyl halides is 3. The van der Waals surface area contributed by atoms with Gasteiger partial charge in [-0.25, -0.2) is 0 Å². The molecule has 1 atom stereocenters. The molecule has 1 saturated heterocycles. The van der Waals surface area contributed by atoms with E-state index in [9.17, 15) is 18.0 Å². The lowest BCUT2D eigenvalue weighted by molar-refractivity contribution is -0.186. The van der Waals surface area contributed by atoms with Gasteiger partial charge in [0.25, 0.3) is 0 Å². The van der Waals surface area contributed by atoms with Crippen LogP contribution in [0.3, 0.4) is 0 Å². The van der Waals surface area contributed by atoms with Crippen molar-refractivity contribution in [2.24, 2.45) is 5.92 Å². The normalized spacial score (nSPS) is 20.0. The summed E-state index contributed by atoms with van der Waals surface area (Å²) in [6.45, 7) is 0.250. The summed E-state index contributed by atoms with van der Waals surface area (Å²) in [5.74, 6) is -1.75. The molecule has 0 aromatic heterocycles. The zero-order valence-electron chi connectivity index (χ0n) is 11.6. The molecule has 0 saturated carbocycles. The minimum Gasteiger partial charge on any atom is -0.325 e. The number of amides is 1.